The summed E-state index contributed by atoms with van der Waals surface area (Å²) < 4.78 is 6.07. The molecular weight excluding hydrogens is 302 g/mol. The van der Waals surface area contributed by atoms with Crippen LogP contribution in [0.4, 0.5) is 0 Å². The molecule has 0 saturated heterocycles. The molecule has 0 spiro atoms. The van der Waals surface area contributed by atoms with Crippen LogP contribution in [0.1, 0.15) is 23.1 Å². The van der Waals surface area contributed by atoms with Crippen molar-refractivity contribution in [2.45, 2.75) is 17.9 Å². The van der Waals surface area contributed by atoms with Gasteiger partial charge in [0.25, 0.3) is 0 Å². The van der Waals surface area contributed by atoms with Gasteiger partial charge in [-0.3, -0.25) is 0 Å². The van der Waals surface area contributed by atoms with Gasteiger partial charge in [0.1, 0.15) is 12.4 Å². The van der Waals surface area contributed by atoms with Gasteiger partial charge in [-0.1, -0.05) is 30.3 Å². The second-order valence-corrected chi connectivity index (χ2v) is 6.90. The number of hydrogen-bond acceptors (Lipinski definition) is 3. The monoisotopic (exact) mass is 325 g/mol. The Hall–Kier alpha value is -1.71. The normalized spacial score (nSPS) is 15.0. The number of ether oxygens (including phenoxy) is 1. The number of benzene rings is 2. The molecule has 0 N–H and O–H groups in total. The van der Waals surface area contributed by atoms with E-state index in [4.69, 9.17) is 4.74 Å². The lowest BCUT2D eigenvalue weighted by molar-refractivity contribution is 0.307. The molecule has 0 unspecified atom stereocenters. The molecule has 23 heavy (non-hydrogen) atoms. The van der Waals surface area contributed by atoms with Crippen molar-refractivity contribution in [2.24, 2.45) is 0 Å². The lowest BCUT2D eigenvalue weighted by Gasteiger charge is -2.13. The molecule has 3 rings (SSSR count). The van der Waals surface area contributed by atoms with E-state index in [1.165, 1.54) is 27.2 Å². The molecule has 0 amide bonds. The molecule has 0 bridgehead atoms. The van der Waals surface area contributed by atoms with Crippen molar-refractivity contribution in [3.05, 3.63) is 65.2 Å². The maximum absolute atomic E-state index is 6.07. The largest absolute Gasteiger partial charge is 0.488 e. The van der Waals surface area contributed by atoms with E-state index in [1.807, 2.05) is 0 Å². The van der Waals surface area contributed by atoms with Crippen LogP contribution < -0.4 is 4.74 Å². The summed E-state index contributed by atoms with van der Waals surface area (Å²) in [6.45, 7) is 1.68. The van der Waals surface area contributed by atoms with E-state index in [0.29, 0.717) is 6.61 Å². The highest BCUT2D eigenvalue weighted by molar-refractivity contribution is 7.98. The van der Waals surface area contributed by atoms with Crippen molar-refractivity contribution < 1.29 is 4.74 Å². The van der Waals surface area contributed by atoms with Crippen LogP contribution in [0.25, 0.3) is 5.57 Å². The number of hydrogen-bond donors (Lipinski definition) is 0. The number of nitrogens with zero attached hydrogens (tertiary/aromatic N) is 1. The predicted molar refractivity (Wildman–Crippen MR) is 99.2 cm³/mol. The highest BCUT2D eigenvalue weighted by Gasteiger charge is 2.19. The Labute approximate surface area is 143 Å². The first-order valence-corrected chi connectivity index (χ1v) is 9.16. The van der Waals surface area contributed by atoms with Crippen molar-refractivity contribution in [3.8, 4) is 5.75 Å². The van der Waals surface area contributed by atoms with Gasteiger partial charge in [0.15, 0.2) is 0 Å². The molecule has 2 aromatic carbocycles. The molecule has 3 heteroatoms. The summed E-state index contributed by atoms with van der Waals surface area (Å²) in [7, 11) is 4.23. The van der Waals surface area contributed by atoms with E-state index in [-0.39, 0.29) is 0 Å². The van der Waals surface area contributed by atoms with Crippen LogP contribution in [-0.2, 0) is 6.61 Å². The summed E-state index contributed by atoms with van der Waals surface area (Å²) in [5.74, 6) is 0.982. The third-order valence-corrected chi connectivity index (χ3v) is 4.82. The summed E-state index contributed by atoms with van der Waals surface area (Å²) >= 11 is 1.77. The lowest BCUT2D eigenvalue weighted by atomic mass is 9.93. The van der Waals surface area contributed by atoms with Crippen LogP contribution in [0.5, 0.6) is 5.75 Å². The molecule has 0 radical (unpaired) electrons. The predicted octanol–water partition coefficient (Wildman–Crippen LogP) is 4.68. The summed E-state index contributed by atoms with van der Waals surface area (Å²) in [6, 6.07) is 15.1. The van der Waals surface area contributed by atoms with Crippen molar-refractivity contribution in [2.75, 3.05) is 26.9 Å². The van der Waals surface area contributed by atoms with Gasteiger partial charge < -0.3 is 9.64 Å². The topological polar surface area (TPSA) is 12.5 Å². The molecule has 2 nitrogen and oxygen atoms in total. The molecule has 0 aromatic heterocycles. The second-order valence-electron chi connectivity index (χ2n) is 6.02. The van der Waals surface area contributed by atoms with Crippen LogP contribution in [0.2, 0.25) is 0 Å². The van der Waals surface area contributed by atoms with Crippen LogP contribution in [0.3, 0.4) is 0 Å². The first-order chi connectivity index (χ1) is 11.2. The van der Waals surface area contributed by atoms with Gasteiger partial charge in [-0.05, 0) is 61.7 Å². The fraction of sp³-hybridized carbons (Fsp3) is 0.300. The second kappa shape index (κ2) is 7.24. The number of thioether (sulfide) groups is 1. The highest BCUT2D eigenvalue weighted by Crippen LogP contribution is 2.38. The third-order valence-electron chi connectivity index (χ3n) is 4.09. The highest BCUT2D eigenvalue weighted by atomic mass is 32.2. The Balaban J connectivity index is 2.10. The van der Waals surface area contributed by atoms with Gasteiger partial charge in [-0.15, -0.1) is 11.8 Å². The van der Waals surface area contributed by atoms with Crippen molar-refractivity contribution in [3.63, 3.8) is 0 Å². The van der Waals surface area contributed by atoms with E-state index < -0.39 is 0 Å². The zero-order valence-corrected chi connectivity index (χ0v) is 14.8. The molecule has 0 atom stereocenters. The average molecular weight is 325 g/mol. The third kappa shape index (κ3) is 3.62. The van der Waals surface area contributed by atoms with Gasteiger partial charge in [-0.2, -0.15) is 0 Å². The molecule has 1 aliphatic heterocycles. The van der Waals surface area contributed by atoms with E-state index in [1.54, 1.807) is 11.8 Å². The number of fused-ring (bicyclic) bond motifs is 2. The van der Waals surface area contributed by atoms with E-state index in [0.717, 1.165) is 18.7 Å². The molecule has 0 fully saturated rings. The van der Waals surface area contributed by atoms with Crippen LogP contribution in [0, 0.1) is 0 Å². The zero-order chi connectivity index (χ0) is 16.2. The molecule has 0 saturated carbocycles. The first-order valence-electron chi connectivity index (χ1n) is 7.93. The van der Waals surface area contributed by atoms with Gasteiger partial charge in [0.05, 0.1) is 0 Å². The quantitative estimate of drug-likeness (QED) is 0.757. The molecule has 2 aromatic rings. The molecular formula is C20H23NOS. The Morgan fingerprint density at radius 2 is 1.96 bits per heavy atom. The summed E-state index contributed by atoms with van der Waals surface area (Å²) in [4.78, 5) is 3.49. The molecule has 1 heterocycles. The van der Waals surface area contributed by atoms with Crippen molar-refractivity contribution in [1.82, 2.24) is 4.90 Å². The lowest BCUT2D eigenvalue weighted by Crippen LogP contribution is -2.12. The average Bonchev–Trinajstić information content (AvgIpc) is 2.71. The summed E-state index contributed by atoms with van der Waals surface area (Å²) in [6.07, 6.45) is 5.50. The SMILES string of the molecule is CSc1ccc2c(c1)/C(=C\CCN(C)C)c1ccccc1CO2. The summed E-state index contributed by atoms with van der Waals surface area (Å²) in [5.41, 5.74) is 5.06. The van der Waals surface area contributed by atoms with E-state index in [2.05, 4.69) is 73.8 Å². The van der Waals surface area contributed by atoms with Gasteiger partial charge >= 0.3 is 0 Å². The van der Waals surface area contributed by atoms with Gasteiger partial charge in [0, 0.05) is 17.0 Å². The Kier molecular flexibility index (Phi) is 5.09. The summed E-state index contributed by atoms with van der Waals surface area (Å²) in [5, 5.41) is 0. The molecule has 120 valence electrons. The van der Waals surface area contributed by atoms with E-state index in [9.17, 15) is 0 Å². The fourth-order valence-corrected chi connectivity index (χ4v) is 3.31. The maximum Gasteiger partial charge on any atom is 0.127 e. The molecule has 1 aliphatic rings. The van der Waals surface area contributed by atoms with Crippen LogP contribution >= 0.6 is 11.8 Å². The van der Waals surface area contributed by atoms with Crippen LogP contribution in [0.15, 0.2) is 53.4 Å². The van der Waals surface area contributed by atoms with E-state index >= 15 is 0 Å². The standard InChI is InChI=1S/C20H23NOS/c1-21(2)12-6-9-18-17-8-5-4-7-15(17)14-22-20-11-10-16(23-3)13-19(18)20/h4-5,7-11,13H,6,12,14H2,1-3H3/b18-9-. The van der Waals surface area contributed by atoms with Crippen LogP contribution in [-0.4, -0.2) is 31.8 Å². The Morgan fingerprint density at radius 1 is 1.13 bits per heavy atom. The minimum absolute atomic E-state index is 0.632. The smallest absolute Gasteiger partial charge is 0.127 e. The minimum atomic E-state index is 0.632. The zero-order valence-electron chi connectivity index (χ0n) is 14.0. The number of rotatable bonds is 4. The Morgan fingerprint density at radius 3 is 2.74 bits per heavy atom. The van der Waals surface area contributed by atoms with Crippen molar-refractivity contribution in [1.29, 1.82) is 0 Å². The fourth-order valence-electron chi connectivity index (χ4n) is 2.87. The molecule has 0 aliphatic carbocycles. The van der Waals surface area contributed by atoms with Gasteiger partial charge in [0.2, 0.25) is 0 Å². The Bertz CT molecular complexity index is 721. The minimum Gasteiger partial charge on any atom is -0.488 e. The maximum atomic E-state index is 6.07. The van der Waals surface area contributed by atoms with Crippen molar-refractivity contribution >= 4 is 17.3 Å². The first kappa shape index (κ1) is 16.2. The van der Waals surface area contributed by atoms with Gasteiger partial charge in [-0.25, -0.2) is 0 Å².